The molecule has 0 spiro atoms. The van der Waals surface area contributed by atoms with Crippen LogP contribution in [0.4, 0.5) is 11.4 Å². The van der Waals surface area contributed by atoms with Gasteiger partial charge in [-0.1, -0.05) is 6.07 Å². The van der Waals surface area contributed by atoms with Gasteiger partial charge in [0.1, 0.15) is 30.5 Å². The molecule has 1 unspecified atom stereocenters. The number of nitrogens with one attached hydrogen (secondary N) is 1. The SMILES string of the molecule is Cc1nc2c(Nc3ccc(-c4ccn(C)n4)cc3P(C)(C)=O)cc(CC(=O)C3CC3)nc2n1C1CCCCO1. The Morgan fingerprint density at radius 2 is 1.92 bits per heavy atom. The number of ketones is 1. The fourth-order valence-corrected chi connectivity index (χ4v) is 6.53. The van der Waals surface area contributed by atoms with Crippen molar-refractivity contribution in [3.8, 4) is 11.3 Å². The third kappa shape index (κ3) is 5.30. The third-order valence-electron chi connectivity index (χ3n) is 7.57. The third-order valence-corrected chi connectivity index (χ3v) is 9.10. The molecule has 0 bridgehead atoms. The van der Waals surface area contributed by atoms with Gasteiger partial charge >= 0.3 is 0 Å². The molecule has 1 aliphatic heterocycles. The Bertz CT molecular complexity index is 1610. The molecule has 10 heteroatoms. The van der Waals surface area contributed by atoms with Gasteiger partial charge in [0.05, 0.1) is 17.1 Å². The summed E-state index contributed by atoms with van der Waals surface area (Å²) in [6.07, 6.45) is 7.02. The summed E-state index contributed by atoms with van der Waals surface area (Å²) < 4.78 is 23.4. The lowest BCUT2D eigenvalue weighted by atomic mass is 10.1. The topological polar surface area (TPSA) is 104 Å². The number of carbonyl (C=O) groups is 1. The number of nitrogens with zero attached hydrogens (tertiary/aromatic N) is 5. The van der Waals surface area contributed by atoms with Crippen LogP contribution in [0.3, 0.4) is 0 Å². The number of hydrogen-bond donors (Lipinski definition) is 1. The number of carbonyl (C=O) groups excluding carboxylic acids is 1. The highest BCUT2D eigenvalue weighted by molar-refractivity contribution is 7.70. The number of benzene rings is 1. The lowest BCUT2D eigenvalue weighted by molar-refractivity contribution is -0.119. The monoisotopic (exact) mass is 546 g/mol. The summed E-state index contributed by atoms with van der Waals surface area (Å²) in [6, 6.07) is 9.77. The number of pyridine rings is 1. The van der Waals surface area contributed by atoms with E-state index in [1.54, 1.807) is 18.0 Å². The molecule has 39 heavy (non-hydrogen) atoms. The molecule has 4 aromatic rings. The van der Waals surface area contributed by atoms with Crippen LogP contribution in [-0.4, -0.2) is 50.0 Å². The zero-order valence-corrected chi connectivity index (χ0v) is 23.9. The van der Waals surface area contributed by atoms with Crippen molar-refractivity contribution in [2.45, 2.75) is 51.7 Å². The van der Waals surface area contributed by atoms with Gasteiger partial charge in [0, 0.05) is 48.7 Å². The summed E-state index contributed by atoms with van der Waals surface area (Å²) in [7, 11) is -0.792. The maximum atomic E-state index is 13.5. The summed E-state index contributed by atoms with van der Waals surface area (Å²) in [5.74, 6) is 1.21. The van der Waals surface area contributed by atoms with Crippen molar-refractivity contribution < 1.29 is 14.1 Å². The van der Waals surface area contributed by atoms with Crippen molar-refractivity contribution in [2.24, 2.45) is 13.0 Å². The van der Waals surface area contributed by atoms with Gasteiger partial charge in [0.15, 0.2) is 5.65 Å². The summed E-state index contributed by atoms with van der Waals surface area (Å²) in [4.78, 5) is 22.6. The van der Waals surface area contributed by atoms with Gasteiger partial charge in [-0.2, -0.15) is 5.10 Å². The molecule has 3 aromatic heterocycles. The number of imidazole rings is 1. The Hall–Kier alpha value is -3.29. The number of ether oxygens (including phenoxy) is 1. The average Bonchev–Trinajstić information content (AvgIpc) is 3.58. The van der Waals surface area contributed by atoms with Crippen LogP contribution >= 0.6 is 7.14 Å². The van der Waals surface area contributed by atoms with E-state index >= 15 is 0 Å². The van der Waals surface area contributed by atoms with Gasteiger partial charge in [-0.15, -0.1) is 0 Å². The van der Waals surface area contributed by atoms with Crippen molar-refractivity contribution >= 4 is 40.8 Å². The normalized spacial score (nSPS) is 18.0. The fourth-order valence-electron chi connectivity index (χ4n) is 5.37. The Balaban J connectivity index is 1.46. The van der Waals surface area contributed by atoms with Crippen LogP contribution in [0, 0.1) is 12.8 Å². The van der Waals surface area contributed by atoms with Gasteiger partial charge in [0.2, 0.25) is 0 Å². The summed E-state index contributed by atoms with van der Waals surface area (Å²) >= 11 is 0. The van der Waals surface area contributed by atoms with Crippen LogP contribution in [-0.2, 0) is 27.6 Å². The molecule has 204 valence electrons. The van der Waals surface area contributed by atoms with E-state index in [9.17, 15) is 9.36 Å². The minimum absolute atomic E-state index is 0.127. The first-order chi connectivity index (χ1) is 18.7. The van der Waals surface area contributed by atoms with Crippen LogP contribution in [0.15, 0.2) is 36.5 Å². The first-order valence-corrected chi connectivity index (χ1v) is 16.3. The zero-order chi connectivity index (χ0) is 27.3. The van der Waals surface area contributed by atoms with Crippen molar-refractivity contribution in [2.75, 3.05) is 25.3 Å². The second-order valence-corrected chi connectivity index (χ2v) is 14.4. The number of hydrogen-bond acceptors (Lipinski definition) is 7. The van der Waals surface area contributed by atoms with Crippen LogP contribution < -0.4 is 10.6 Å². The Labute approximate surface area is 228 Å². The summed E-state index contributed by atoms with van der Waals surface area (Å²) in [5, 5.41) is 8.79. The summed E-state index contributed by atoms with van der Waals surface area (Å²) in [5.41, 5.74) is 5.37. The lowest BCUT2D eigenvalue weighted by Gasteiger charge is -2.25. The van der Waals surface area contributed by atoms with Gasteiger partial charge in [-0.3, -0.25) is 14.0 Å². The van der Waals surface area contributed by atoms with E-state index in [1.807, 2.05) is 50.5 Å². The maximum absolute atomic E-state index is 13.5. The van der Waals surface area contributed by atoms with Crippen molar-refractivity contribution in [3.63, 3.8) is 0 Å². The quantitative estimate of drug-likeness (QED) is 0.297. The standard InChI is InChI=1S/C29H35N6O3P/c1-18-30-28-24(32-23-11-10-20(15-26(23)39(3,4)37)22-12-13-34(2)33-22)16-21(17-25(36)19-8-9-19)31-29(28)35(18)27-7-5-6-14-38-27/h10-13,15-16,19,27H,5-9,14,17H2,1-4H3,(H,31,32). The van der Waals surface area contributed by atoms with Gasteiger partial charge < -0.3 is 14.6 Å². The Kier molecular flexibility index (Phi) is 6.68. The van der Waals surface area contributed by atoms with E-state index in [0.717, 1.165) is 65.9 Å². The number of rotatable bonds is 8. The predicted octanol–water partition coefficient (Wildman–Crippen LogP) is 5.35. The zero-order valence-electron chi connectivity index (χ0n) is 23.0. The molecule has 4 heterocycles. The molecule has 0 radical (unpaired) electrons. The molecule has 1 saturated heterocycles. The number of Topliss-reactive ketones (excluding diaryl/α,β-unsaturated/α-hetero) is 1. The molecular weight excluding hydrogens is 511 g/mol. The molecule has 0 amide bonds. The van der Waals surface area contributed by atoms with Crippen molar-refractivity contribution in [3.05, 3.63) is 48.0 Å². The predicted molar refractivity (Wildman–Crippen MR) is 154 cm³/mol. The second-order valence-electron chi connectivity index (χ2n) is 11.2. The fraction of sp³-hybridized carbons (Fsp3) is 0.448. The smallest absolute Gasteiger partial charge is 0.164 e. The molecule has 6 rings (SSSR count). The molecule has 2 aliphatic rings. The largest absolute Gasteiger partial charge is 0.358 e. The highest BCUT2D eigenvalue weighted by atomic mass is 31.2. The van der Waals surface area contributed by atoms with Crippen LogP contribution in [0.1, 0.15) is 49.9 Å². The highest BCUT2D eigenvalue weighted by Crippen LogP contribution is 2.41. The second kappa shape index (κ2) is 10.0. The Morgan fingerprint density at radius 3 is 2.59 bits per heavy atom. The van der Waals surface area contributed by atoms with Gasteiger partial charge in [-0.05, 0) is 76.6 Å². The highest BCUT2D eigenvalue weighted by Gasteiger charge is 2.30. The Morgan fingerprint density at radius 1 is 1.10 bits per heavy atom. The summed E-state index contributed by atoms with van der Waals surface area (Å²) in [6.45, 7) is 6.23. The van der Waals surface area contributed by atoms with Crippen molar-refractivity contribution in [1.29, 1.82) is 0 Å². The minimum Gasteiger partial charge on any atom is -0.358 e. The molecule has 1 N–H and O–H groups in total. The number of aromatic nitrogens is 5. The first kappa shape index (κ1) is 26.0. The number of aryl methyl sites for hydroxylation is 2. The number of anilines is 2. The van der Waals surface area contributed by atoms with E-state index in [1.165, 1.54) is 0 Å². The van der Waals surface area contributed by atoms with E-state index in [-0.39, 0.29) is 24.3 Å². The van der Waals surface area contributed by atoms with Crippen LogP contribution in [0.2, 0.25) is 0 Å². The van der Waals surface area contributed by atoms with E-state index in [4.69, 9.17) is 14.7 Å². The van der Waals surface area contributed by atoms with E-state index < -0.39 is 7.14 Å². The minimum atomic E-state index is -2.67. The molecule has 2 fully saturated rings. The van der Waals surface area contributed by atoms with Crippen LogP contribution in [0.25, 0.3) is 22.4 Å². The van der Waals surface area contributed by atoms with E-state index in [0.29, 0.717) is 23.5 Å². The first-order valence-electron chi connectivity index (χ1n) is 13.7. The van der Waals surface area contributed by atoms with Crippen LogP contribution in [0.5, 0.6) is 0 Å². The van der Waals surface area contributed by atoms with Gasteiger partial charge in [-0.25, -0.2) is 9.97 Å². The lowest BCUT2D eigenvalue weighted by Crippen LogP contribution is -2.19. The average molecular weight is 547 g/mol. The molecule has 1 aromatic carbocycles. The van der Waals surface area contributed by atoms with Gasteiger partial charge in [0.25, 0.3) is 0 Å². The molecule has 1 atom stereocenters. The number of fused-ring (bicyclic) bond motifs is 1. The van der Waals surface area contributed by atoms with E-state index in [2.05, 4.69) is 15.0 Å². The molecular formula is C29H35N6O3P. The molecule has 1 saturated carbocycles. The maximum Gasteiger partial charge on any atom is 0.164 e. The van der Waals surface area contributed by atoms with Crippen molar-refractivity contribution in [1.82, 2.24) is 24.3 Å². The molecule has 1 aliphatic carbocycles. The molecule has 9 nitrogen and oxygen atoms in total.